The molecule has 19 heavy (non-hydrogen) atoms. The van der Waals surface area contributed by atoms with Crippen LogP contribution < -0.4 is 10.4 Å². The van der Waals surface area contributed by atoms with Crippen molar-refractivity contribution in [3.05, 3.63) is 10.4 Å². The number of anilines is 2. The van der Waals surface area contributed by atoms with E-state index < -0.39 is 0 Å². The largest absolute Gasteiger partial charge is 0.352 e. The Morgan fingerprint density at radius 1 is 1.42 bits per heavy atom. The summed E-state index contributed by atoms with van der Waals surface area (Å²) in [6.07, 6.45) is 0.871. The van der Waals surface area contributed by atoms with E-state index >= 15 is 0 Å². The van der Waals surface area contributed by atoms with Gasteiger partial charge in [0, 0.05) is 18.0 Å². The molecular weight excluding hydrogens is 248 g/mol. The summed E-state index contributed by atoms with van der Waals surface area (Å²) < 4.78 is 0. The van der Waals surface area contributed by atoms with Gasteiger partial charge in [-0.15, -0.1) is 0 Å². The lowest BCUT2D eigenvalue weighted by Gasteiger charge is -2.17. The second-order valence-electron chi connectivity index (χ2n) is 4.08. The zero-order chi connectivity index (χ0) is 14.3. The van der Waals surface area contributed by atoms with Gasteiger partial charge in [0.2, 0.25) is 11.9 Å². The van der Waals surface area contributed by atoms with E-state index in [9.17, 15) is 0 Å². The van der Waals surface area contributed by atoms with Gasteiger partial charge in [-0.25, -0.2) is 5.06 Å². The minimum absolute atomic E-state index is 0.00241. The lowest BCUT2D eigenvalue weighted by molar-refractivity contribution is 0.118. The van der Waals surface area contributed by atoms with E-state index in [0.717, 1.165) is 6.42 Å². The molecule has 1 aromatic heterocycles. The van der Waals surface area contributed by atoms with Gasteiger partial charge in [-0.1, -0.05) is 6.92 Å². The van der Waals surface area contributed by atoms with Crippen LogP contribution in [0.25, 0.3) is 10.4 Å². The van der Waals surface area contributed by atoms with Gasteiger partial charge in [-0.2, -0.15) is 15.0 Å². The summed E-state index contributed by atoms with van der Waals surface area (Å²) >= 11 is 0. The Hall–Kier alpha value is -2.12. The van der Waals surface area contributed by atoms with Crippen LogP contribution in [-0.2, 0) is 4.84 Å². The molecule has 0 aliphatic heterocycles. The molecule has 0 amide bonds. The fraction of sp³-hybridized carbons (Fsp3) is 0.700. The number of aromatic nitrogens is 3. The molecule has 1 N–H and O–H groups in total. The lowest BCUT2D eigenvalue weighted by atomic mass is 10.4. The fourth-order valence-corrected chi connectivity index (χ4v) is 1.19. The molecule has 9 heteroatoms. The molecule has 0 fully saturated rings. The summed E-state index contributed by atoms with van der Waals surface area (Å²) in [5.74, 6) is 0.631. The number of nitrogens with one attached hydrogen (secondary N) is 1. The van der Waals surface area contributed by atoms with E-state index in [1.54, 1.807) is 7.05 Å². The fourth-order valence-electron chi connectivity index (χ4n) is 1.19. The van der Waals surface area contributed by atoms with Crippen molar-refractivity contribution in [2.75, 3.05) is 24.0 Å². The van der Waals surface area contributed by atoms with Gasteiger partial charge in [0.25, 0.3) is 5.95 Å². The van der Waals surface area contributed by atoms with Crippen LogP contribution in [0.5, 0.6) is 0 Å². The summed E-state index contributed by atoms with van der Waals surface area (Å²) in [7, 11) is 1.68. The Bertz CT molecular complexity index is 457. The van der Waals surface area contributed by atoms with Crippen LogP contribution in [0.1, 0.15) is 27.2 Å². The van der Waals surface area contributed by atoms with Gasteiger partial charge in [0.05, 0.1) is 6.61 Å². The smallest absolute Gasteiger partial charge is 0.254 e. The van der Waals surface area contributed by atoms with Crippen molar-refractivity contribution in [3.63, 3.8) is 0 Å². The molecule has 1 aromatic rings. The predicted octanol–water partition coefficient (Wildman–Crippen LogP) is 2.41. The number of nitrogens with zero attached hydrogens (tertiary/aromatic N) is 7. The van der Waals surface area contributed by atoms with E-state index in [2.05, 4.69) is 30.3 Å². The summed E-state index contributed by atoms with van der Waals surface area (Å²) in [6.45, 7) is 6.45. The first-order valence-corrected chi connectivity index (χ1v) is 6.01. The average molecular weight is 266 g/mol. The summed E-state index contributed by atoms with van der Waals surface area (Å²) in [5.41, 5.74) is 8.46. The molecule has 0 spiro atoms. The maximum Gasteiger partial charge on any atom is 0.254 e. The Labute approximate surface area is 111 Å². The van der Waals surface area contributed by atoms with Crippen LogP contribution >= 0.6 is 0 Å². The van der Waals surface area contributed by atoms with Gasteiger partial charge in [-0.05, 0) is 30.9 Å². The van der Waals surface area contributed by atoms with Crippen molar-refractivity contribution in [2.45, 2.75) is 33.2 Å². The molecule has 104 valence electrons. The Morgan fingerprint density at radius 3 is 2.74 bits per heavy atom. The third-order valence-electron chi connectivity index (χ3n) is 1.93. The first kappa shape index (κ1) is 14.9. The number of hydrogen-bond donors (Lipinski definition) is 1. The summed E-state index contributed by atoms with van der Waals surface area (Å²) in [5, 5.41) is 7.84. The SMILES string of the molecule is CCCON(C)c1nc(N=[N+]=[N-])nc(NC(C)C)n1. The van der Waals surface area contributed by atoms with Gasteiger partial charge in [0.1, 0.15) is 0 Å². The van der Waals surface area contributed by atoms with Gasteiger partial charge >= 0.3 is 0 Å². The van der Waals surface area contributed by atoms with Gasteiger partial charge in [0.15, 0.2) is 0 Å². The molecule has 0 atom stereocenters. The first-order valence-electron chi connectivity index (χ1n) is 6.01. The lowest BCUT2D eigenvalue weighted by Crippen LogP contribution is -2.22. The molecule has 0 aliphatic rings. The van der Waals surface area contributed by atoms with E-state index in [1.165, 1.54) is 5.06 Å². The molecule has 0 bridgehead atoms. The maximum atomic E-state index is 8.46. The predicted molar refractivity (Wildman–Crippen MR) is 72.0 cm³/mol. The number of hydrogen-bond acceptors (Lipinski definition) is 7. The van der Waals surface area contributed by atoms with E-state index in [4.69, 9.17) is 10.4 Å². The topological polar surface area (TPSA) is 112 Å². The quantitative estimate of drug-likeness (QED) is 0.351. The van der Waals surface area contributed by atoms with Crippen LogP contribution in [-0.4, -0.2) is 34.6 Å². The zero-order valence-corrected chi connectivity index (χ0v) is 11.5. The minimum atomic E-state index is 0.00241. The van der Waals surface area contributed by atoms with E-state index in [0.29, 0.717) is 12.6 Å². The third-order valence-corrected chi connectivity index (χ3v) is 1.93. The van der Waals surface area contributed by atoms with Crippen molar-refractivity contribution >= 4 is 17.8 Å². The van der Waals surface area contributed by atoms with Gasteiger partial charge in [-0.3, -0.25) is 4.84 Å². The highest BCUT2D eigenvalue weighted by atomic mass is 16.7. The third kappa shape index (κ3) is 4.94. The Balaban J connectivity index is 3.01. The molecule has 0 aliphatic carbocycles. The van der Waals surface area contributed by atoms with Crippen molar-refractivity contribution in [3.8, 4) is 0 Å². The van der Waals surface area contributed by atoms with Crippen molar-refractivity contribution < 1.29 is 4.84 Å². The van der Waals surface area contributed by atoms with E-state index in [-0.39, 0.29) is 17.9 Å². The summed E-state index contributed by atoms with van der Waals surface area (Å²) in [6, 6.07) is 0.149. The molecule has 0 unspecified atom stereocenters. The second-order valence-corrected chi connectivity index (χ2v) is 4.08. The second kappa shape index (κ2) is 7.34. The highest BCUT2D eigenvalue weighted by Crippen LogP contribution is 2.15. The molecule has 0 saturated carbocycles. The van der Waals surface area contributed by atoms with Crippen molar-refractivity contribution in [1.82, 2.24) is 15.0 Å². The van der Waals surface area contributed by atoms with Crippen LogP contribution in [0.3, 0.4) is 0 Å². The highest BCUT2D eigenvalue weighted by molar-refractivity contribution is 5.39. The van der Waals surface area contributed by atoms with Crippen LogP contribution in [0.15, 0.2) is 5.11 Å². The van der Waals surface area contributed by atoms with Crippen LogP contribution in [0.2, 0.25) is 0 Å². The number of azide groups is 1. The zero-order valence-electron chi connectivity index (χ0n) is 11.5. The highest BCUT2D eigenvalue weighted by Gasteiger charge is 2.10. The maximum absolute atomic E-state index is 8.46. The molecule has 0 saturated heterocycles. The monoisotopic (exact) mass is 266 g/mol. The van der Waals surface area contributed by atoms with Crippen molar-refractivity contribution in [1.29, 1.82) is 0 Å². The van der Waals surface area contributed by atoms with Crippen LogP contribution in [0, 0.1) is 0 Å². The van der Waals surface area contributed by atoms with Gasteiger partial charge < -0.3 is 5.32 Å². The minimum Gasteiger partial charge on any atom is -0.352 e. The molecule has 0 aromatic carbocycles. The molecule has 1 heterocycles. The Kier molecular flexibility index (Phi) is 5.77. The molecule has 0 radical (unpaired) electrons. The first-order chi connectivity index (χ1) is 9.06. The van der Waals surface area contributed by atoms with Crippen molar-refractivity contribution in [2.24, 2.45) is 5.11 Å². The van der Waals surface area contributed by atoms with Crippen LogP contribution in [0.4, 0.5) is 17.8 Å². The normalized spacial score (nSPS) is 10.2. The molecule has 9 nitrogen and oxygen atoms in total. The average Bonchev–Trinajstić information content (AvgIpc) is 2.35. The van der Waals surface area contributed by atoms with E-state index in [1.807, 2.05) is 20.8 Å². The Morgan fingerprint density at radius 2 is 2.16 bits per heavy atom. The molecular formula is C10H18N8O. The summed E-state index contributed by atoms with van der Waals surface area (Å²) in [4.78, 5) is 20.2. The molecule has 1 rings (SSSR count). The number of rotatable bonds is 7. The number of hydroxylamine groups is 1. The standard InChI is InChI=1S/C10H18N8O/c1-5-6-19-18(4)10-14-8(12-7(2)3)13-9(15-10)16-17-11/h7H,5-6H2,1-4H3,(H,12,13,14,15).